The van der Waals surface area contributed by atoms with Gasteiger partial charge in [-0.25, -0.2) is 15.0 Å². The van der Waals surface area contributed by atoms with Crippen LogP contribution >= 0.6 is 0 Å². The highest BCUT2D eigenvalue weighted by Crippen LogP contribution is 2.17. The Kier molecular flexibility index (Phi) is 4.85. The molecular weight excluding hydrogens is 306 g/mol. The van der Waals surface area contributed by atoms with Crippen molar-refractivity contribution in [3.05, 3.63) is 88.2 Å². The molecule has 0 saturated heterocycles. The Balaban J connectivity index is 2.00. The molecule has 0 N–H and O–H groups in total. The third-order valence-corrected chi connectivity index (χ3v) is 4.10. The first-order valence-electron chi connectivity index (χ1n) is 8.24. The van der Waals surface area contributed by atoms with Crippen LogP contribution in [0.5, 0.6) is 0 Å². The molecule has 3 heteroatoms. The van der Waals surface area contributed by atoms with Crippen LogP contribution < -0.4 is 10.6 Å². The zero-order valence-corrected chi connectivity index (χ0v) is 14.7. The molecule has 124 valence electrons. The summed E-state index contributed by atoms with van der Waals surface area (Å²) in [4.78, 5) is 13.8. The van der Waals surface area contributed by atoms with Crippen molar-refractivity contribution in [1.82, 2.24) is 15.0 Å². The van der Waals surface area contributed by atoms with Gasteiger partial charge in [-0.1, -0.05) is 55.1 Å². The fourth-order valence-electron chi connectivity index (χ4n) is 2.57. The number of pyridine rings is 1. The van der Waals surface area contributed by atoms with E-state index in [1.165, 1.54) is 11.1 Å². The normalized spacial score (nSPS) is 11.5. The van der Waals surface area contributed by atoms with E-state index in [0.29, 0.717) is 5.82 Å². The Hall–Kier alpha value is -3.07. The molecule has 0 fully saturated rings. The molecule has 3 nitrogen and oxygen atoms in total. The monoisotopic (exact) mass is 327 g/mol. The van der Waals surface area contributed by atoms with Crippen LogP contribution in [0.1, 0.15) is 22.4 Å². The number of benzene rings is 1. The average molecular weight is 327 g/mol. The molecule has 1 aromatic carbocycles. The molecule has 0 radical (unpaired) electrons. The van der Waals surface area contributed by atoms with Crippen molar-refractivity contribution in [1.29, 1.82) is 0 Å². The number of allylic oxidation sites excluding steroid dienone is 1. The molecule has 0 bridgehead atoms. The van der Waals surface area contributed by atoms with Crippen LogP contribution in [-0.4, -0.2) is 15.0 Å². The molecule has 2 aromatic heterocycles. The van der Waals surface area contributed by atoms with E-state index in [4.69, 9.17) is 4.98 Å². The Morgan fingerprint density at radius 3 is 2.48 bits per heavy atom. The minimum absolute atomic E-state index is 0.602. The van der Waals surface area contributed by atoms with Crippen LogP contribution in [0, 0.1) is 13.8 Å². The van der Waals surface area contributed by atoms with Gasteiger partial charge in [-0.2, -0.15) is 0 Å². The molecule has 0 unspecified atom stereocenters. The Bertz CT molecular complexity index is 1020. The lowest BCUT2D eigenvalue weighted by molar-refractivity contribution is 1.02. The van der Waals surface area contributed by atoms with Crippen LogP contribution in [0.4, 0.5) is 0 Å². The van der Waals surface area contributed by atoms with E-state index in [2.05, 4.69) is 67.3 Å². The number of hydrogen-bond donors (Lipinski definition) is 0. The predicted molar refractivity (Wildman–Crippen MR) is 103 cm³/mol. The second-order valence-corrected chi connectivity index (χ2v) is 6.13. The standard InChI is InChI=1S/C22H21N3/c1-5-6-19-17(4)14-23-22(25-19)20-12-9-16(3)21(24-20)13-18-10-7-15(2)8-11-18/h5-12,14H,1,4,13H2,2-3H3/b19-6+. The fraction of sp³-hybridized carbons (Fsp3) is 0.136. The molecule has 0 saturated carbocycles. The van der Waals surface area contributed by atoms with Crippen molar-refractivity contribution in [3.63, 3.8) is 0 Å². The van der Waals surface area contributed by atoms with E-state index >= 15 is 0 Å². The van der Waals surface area contributed by atoms with Crippen LogP contribution in [0.3, 0.4) is 0 Å². The third kappa shape index (κ3) is 3.89. The number of nitrogens with zero attached hydrogens (tertiary/aromatic N) is 3. The van der Waals surface area contributed by atoms with Crippen molar-refractivity contribution < 1.29 is 0 Å². The van der Waals surface area contributed by atoms with Gasteiger partial charge < -0.3 is 0 Å². The molecule has 3 rings (SSSR count). The smallest absolute Gasteiger partial charge is 0.178 e. The highest BCUT2D eigenvalue weighted by molar-refractivity contribution is 5.51. The molecule has 0 spiro atoms. The van der Waals surface area contributed by atoms with Crippen LogP contribution in [-0.2, 0) is 6.42 Å². The van der Waals surface area contributed by atoms with E-state index in [9.17, 15) is 0 Å². The van der Waals surface area contributed by atoms with Gasteiger partial charge in [-0.15, -0.1) is 0 Å². The molecule has 0 aliphatic carbocycles. The lowest BCUT2D eigenvalue weighted by atomic mass is 10.0. The minimum atomic E-state index is 0.602. The molecule has 0 aliphatic heterocycles. The van der Waals surface area contributed by atoms with Gasteiger partial charge in [0.05, 0.1) is 5.35 Å². The van der Waals surface area contributed by atoms with Gasteiger partial charge in [-0.05, 0) is 37.1 Å². The Morgan fingerprint density at radius 2 is 1.76 bits per heavy atom. The first-order valence-corrected chi connectivity index (χ1v) is 8.24. The van der Waals surface area contributed by atoms with Gasteiger partial charge in [0, 0.05) is 23.5 Å². The predicted octanol–water partition coefficient (Wildman–Crippen LogP) is 3.12. The highest BCUT2D eigenvalue weighted by Gasteiger charge is 2.08. The summed E-state index contributed by atoms with van der Waals surface area (Å²) >= 11 is 0. The first kappa shape index (κ1) is 16.8. The molecular formula is C22H21N3. The molecule has 2 heterocycles. The largest absolute Gasteiger partial charge is 0.249 e. The maximum absolute atomic E-state index is 4.81. The first-order chi connectivity index (χ1) is 12.1. The zero-order chi connectivity index (χ0) is 17.8. The third-order valence-electron chi connectivity index (χ3n) is 4.10. The lowest BCUT2D eigenvalue weighted by Gasteiger charge is -2.08. The van der Waals surface area contributed by atoms with Crippen molar-refractivity contribution in [2.24, 2.45) is 0 Å². The van der Waals surface area contributed by atoms with Crippen molar-refractivity contribution in [2.75, 3.05) is 0 Å². The SMILES string of the molecule is C=C/C=c1/nc(-c2ccc(C)c(Cc3ccc(C)cc3)n2)ncc1=C. The maximum atomic E-state index is 4.81. The molecule has 25 heavy (non-hydrogen) atoms. The maximum Gasteiger partial charge on any atom is 0.178 e. The highest BCUT2D eigenvalue weighted by atomic mass is 14.9. The van der Waals surface area contributed by atoms with Gasteiger partial charge in [0.15, 0.2) is 5.82 Å². The molecule has 0 amide bonds. The topological polar surface area (TPSA) is 38.7 Å². The van der Waals surface area contributed by atoms with Gasteiger partial charge >= 0.3 is 0 Å². The summed E-state index contributed by atoms with van der Waals surface area (Å²) < 4.78 is 0. The summed E-state index contributed by atoms with van der Waals surface area (Å²) in [6, 6.07) is 12.6. The van der Waals surface area contributed by atoms with E-state index in [1.807, 2.05) is 12.1 Å². The quantitative estimate of drug-likeness (QED) is 0.739. The summed E-state index contributed by atoms with van der Waals surface area (Å²) in [5.41, 5.74) is 5.48. The van der Waals surface area contributed by atoms with E-state index in [-0.39, 0.29) is 0 Å². The van der Waals surface area contributed by atoms with Crippen LogP contribution in [0.15, 0.2) is 55.3 Å². The second kappa shape index (κ2) is 7.22. The summed E-state index contributed by atoms with van der Waals surface area (Å²) in [7, 11) is 0. The van der Waals surface area contributed by atoms with Crippen molar-refractivity contribution in [2.45, 2.75) is 20.3 Å². The molecule has 3 aromatic rings. The van der Waals surface area contributed by atoms with Crippen molar-refractivity contribution in [3.8, 4) is 11.5 Å². The van der Waals surface area contributed by atoms with Crippen molar-refractivity contribution >= 4 is 12.7 Å². The van der Waals surface area contributed by atoms with Gasteiger partial charge in [0.1, 0.15) is 5.69 Å². The van der Waals surface area contributed by atoms with E-state index in [1.54, 1.807) is 12.3 Å². The van der Waals surface area contributed by atoms with Crippen LogP contribution in [0.25, 0.3) is 24.2 Å². The number of rotatable bonds is 4. The summed E-state index contributed by atoms with van der Waals surface area (Å²) in [6.45, 7) is 11.8. The average Bonchev–Trinajstić information content (AvgIpc) is 2.61. The lowest BCUT2D eigenvalue weighted by Crippen LogP contribution is -2.28. The Morgan fingerprint density at radius 1 is 1.00 bits per heavy atom. The number of hydrogen-bond acceptors (Lipinski definition) is 3. The molecule has 0 atom stereocenters. The summed E-state index contributed by atoms with van der Waals surface area (Å²) in [5.74, 6) is 0.602. The minimum Gasteiger partial charge on any atom is -0.249 e. The Labute approximate surface area is 148 Å². The van der Waals surface area contributed by atoms with Gasteiger partial charge in [0.2, 0.25) is 0 Å². The zero-order valence-electron chi connectivity index (χ0n) is 14.7. The molecule has 0 aliphatic rings. The van der Waals surface area contributed by atoms with E-state index in [0.717, 1.165) is 33.9 Å². The number of aromatic nitrogens is 3. The van der Waals surface area contributed by atoms with E-state index < -0.39 is 0 Å². The van der Waals surface area contributed by atoms with Crippen LogP contribution in [0.2, 0.25) is 0 Å². The van der Waals surface area contributed by atoms with Gasteiger partial charge in [0.25, 0.3) is 0 Å². The van der Waals surface area contributed by atoms with Gasteiger partial charge in [-0.3, -0.25) is 0 Å². The second-order valence-electron chi connectivity index (χ2n) is 6.13. The summed E-state index contributed by atoms with van der Waals surface area (Å²) in [5, 5.41) is 1.54. The summed E-state index contributed by atoms with van der Waals surface area (Å²) in [6.07, 6.45) is 6.04. The fourth-order valence-corrected chi connectivity index (χ4v) is 2.57. The number of aryl methyl sites for hydroxylation is 2.